The van der Waals surface area contributed by atoms with E-state index in [2.05, 4.69) is 17.1 Å². The summed E-state index contributed by atoms with van der Waals surface area (Å²) >= 11 is 0. The summed E-state index contributed by atoms with van der Waals surface area (Å²) in [6.07, 6.45) is 4.33. The highest BCUT2D eigenvalue weighted by atomic mass is 19.1. The van der Waals surface area contributed by atoms with Gasteiger partial charge in [-0.1, -0.05) is 18.6 Å². The third-order valence-electron chi connectivity index (χ3n) is 4.12. The zero-order valence-corrected chi connectivity index (χ0v) is 12.6. The van der Waals surface area contributed by atoms with Crippen LogP contribution in [0.3, 0.4) is 0 Å². The van der Waals surface area contributed by atoms with E-state index in [1.807, 2.05) is 12.1 Å². The number of likely N-dealkylation sites (tertiary alicyclic amines) is 1. The molecule has 2 unspecified atom stereocenters. The smallest absolute Gasteiger partial charge is 0.217 e. The number of piperidine rings is 1. The molecule has 4 heteroatoms. The second-order valence-corrected chi connectivity index (χ2v) is 5.78. The topological polar surface area (TPSA) is 32.3 Å². The Bertz CT molecular complexity index is 460. The normalized spacial score (nSPS) is 21.0. The van der Waals surface area contributed by atoms with Crippen molar-refractivity contribution in [1.82, 2.24) is 10.2 Å². The van der Waals surface area contributed by atoms with Crippen LogP contribution >= 0.6 is 0 Å². The van der Waals surface area contributed by atoms with Crippen LogP contribution in [0.1, 0.15) is 31.7 Å². The lowest BCUT2D eigenvalue weighted by molar-refractivity contribution is -0.119. The summed E-state index contributed by atoms with van der Waals surface area (Å²) in [7, 11) is 0. The number of nitrogens with one attached hydrogen (secondary N) is 1. The molecule has 2 atom stereocenters. The summed E-state index contributed by atoms with van der Waals surface area (Å²) in [6, 6.07) is 6.90. The summed E-state index contributed by atoms with van der Waals surface area (Å²) in [5.74, 6) is -0.225. The largest absolute Gasteiger partial charge is 0.352 e. The number of carbonyl (C=O) groups is 1. The minimum atomic E-state index is -0.196. The molecule has 1 heterocycles. The van der Waals surface area contributed by atoms with Gasteiger partial charge in [-0.05, 0) is 50.4 Å². The van der Waals surface area contributed by atoms with Crippen LogP contribution in [0, 0.1) is 12.7 Å². The molecule has 115 valence electrons. The molecule has 1 saturated heterocycles. The molecule has 1 fully saturated rings. The molecule has 1 aliphatic rings. The molecule has 1 N–H and O–H groups in total. The highest BCUT2D eigenvalue weighted by Crippen LogP contribution is 2.20. The standard InChI is InChI=1S/C17H24FN2O/c1-13(19-14(2)21)17-5-3-4-11-20(17)12-10-15-6-8-16(18)9-7-15/h6-9,13,17H,1,3-5,10-12H2,2H3,(H,19,21). The molecule has 3 nitrogen and oxygen atoms in total. The number of hydrogen-bond acceptors (Lipinski definition) is 2. The molecule has 21 heavy (non-hydrogen) atoms. The van der Waals surface area contributed by atoms with Crippen LogP contribution in [-0.2, 0) is 11.2 Å². The van der Waals surface area contributed by atoms with Crippen molar-refractivity contribution in [2.24, 2.45) is 0 Å². The van der Waals surface area contributed by atoms with Crippen molar-refractivity contribution in [2.75, 3.05) is 13.1 Å². The Morgan fingerprint density at radius 1 is 1.43 bits per heavy atom. The minimum absolute atomic E-state index is 0.0286. The van der Waals surface area contributed by atoms with Crippen LogP contribution < -0.4 is 5.32 Å². The molecule has 0 bridgehead atoms. The van der Waals surface area contributed by atoms with Crippen LogP contribution in [0.25, 0.3) is 0 Å². The van der Waals surface area contributed by atoms with Crippen molar-refractivity contribution in [2.45, 2.75) is 44.7 Å². The van der Waals surface area contributed by atoms with E-state index < -0.39 is 0 Å². The number of carbonyl (C=O) groups excluding carboxylic acids is 1. The zero-order chi connectivity index (χ0) is 15.2. The van der Waals surface area contributed by atoms with E-state index in [9.17, 15) is 9.18 Å². The molecule has 0 spiro atoms. The van der Waals surface area contributed by atoms with Gasteiger partial charge in [0.15, 0.2) is 0 Å². The number of benzene rings is 1. The first-order valence-electron chi connectivity index (χ1n) is 7.65. The van der Waals surface area contributed by atoms with Crippen LogP contribution in [0.5, 0.6) is 0 Å². The molecule has 1 amide bonds. The predicted molar refractivity (Wildman–Crippen MR) is 82.3 cm³/mol. The van der Waals surface area contributed by atoms with Crippen molar-refractivity contribution in [3.8, 4) is 0 Å². The summed E-state index contributed by atoms with van der Waals surface area (Å²) in [5, 5.41) is 2.91. The number of hydrogen-bond donors (Lipinski definition) is 1. The Morgan fingerprint density at radius 3 is 2.81 bits per heavy atom. The monoisotopic (exact) mass is 291 g/mol. The van der Waals surface area contributed by atoms with E-state index in [0.29, 0.717) is 6.04 Å². The molecule has 0 aromatic heterocycles. The average Bonchev–Trinajstić information content (AvgIpc) is 2.46. The van der Waals surface area contributed by atoms with Crippen LogP contribution in [0.2, 0.25) is 0 Å². The fraction of sp³-hybridized carbons (Fsp3) is 0.529. The van der Waals surface area contributed by atoms with Gasteiger partial charge in [0, 0.05) is 25.6 Å². The molecule has 0 aliphatic carbocycles. The Labute approximate surface area is 126 Å². The molecule has 1 aromatic carbocycles. The summed E-state index contributed by atoms with van der Waals surface area (Å²) in [6.45, 7) is 7.58. The second-order valence-electron chi connectivity index (χ2n) is 5.78. The van der Waals surface area contributed by atoms with E-state index in [4.69, 9.17) is 0 Å². The Morgan fingerprint density at radius 2 is 2.14 bits per heavy atom. The first-order valence-corrected chi connectivity index (χ1v) is 7.65. The summed E-state index contributed by atoms with van der Waals surface area (Å²) < 4.78 is 12.9. The SMILES string of the molecule is [CH2]C(NC(C)=O)C1CCCCN1CCc1ccc(F)cc1. The highest BCUT2D eigenvalue weighted by Gasteiger charge is 2.27. The second kappa shape index (κ2) is 7.55. The Kier molecular flexibility index (Phi) is 5.74. The van der Waals surface area contributed by atoms with Crippen molar-refractivity contribution in [1.29, 1.82) is 0 Å². The fourth-order valence-corrected chi connectivity index (χ4v) is 3.03. The Balaban J connectivity index is 1.92. The quantitative estimate of drug-likeness (QED) is 0.904. The third-order valence-corrected chi connectivity index (χ3v) is 4.12. The highest BCUT2D eigenvalue weighted by molar-refractivity contribution is 5.73. The van der Waals surface area contributed by atoms with Gasteiger partial charge in [0.25, 0.3) is 0 Å². The van der Waals surface area contributed by atoms with Crippen LogP contribution in [0.15, 0.2) is 24.3 Å². The maximum atomic E-state index is 12.9. The number of rotatable bonds is 5. The lowest BCUT2D eigenvalue weighted by Crippen LogP contribution is -2.52. The van der Waals surface area contributed by atoms with Crippen molar-refractivity contribution >= 4 is 5.91 Å². The van der Waals surface area contributed by atoms with Gasteiger partial charge in [-0.25, -0.2) is 4.39 Å². The van der Waals surface area contributed by atoms with Crippen molar-refractivity contribution in [3.63, 3.8) is 0 Å². The molecule has 2 rings (SSSR count). The molecule has 1 radical (unpaired) electrons. The van der Waals surface area contributed by atoms with Gasteiger partial charge < -0.3 is 5.32 Å². The first kappa shape index (κ1) is 16.0. The molecule has 1 aromatic rings. The van der Waals surface area contributed by atoms with E-state index >= 15 is 0 Å². The van der Waals surface area contributed by atoms with Gasteiger partial charge >= 0.3 is 0 Å². The van der Waals surface area contributed by atoms with Crippen LogP contribution in [-0.4, -0.2) is 36.0 Å². The third kappa shape index (κ3) is 4.81. The number of nitrogens with zero attached hydrogens (tertiary/aromatic N) is 1. The van der Waals surface area contributed by atoms with Crippen molar-refractivity contribution < 1.29 is 9.18 Å². The van der Waals surface area contributed by atoms with E-state index in [1.54, 1.807) is 0 Å². The molecular formula is C17H24FN2O. The zero-order valence-electron chi connectivity index (χ0n) is 12.6. The molecular weight excluding hydrogens is 267 g/mol. The first-order chi connectivity index (χ1) is 10.1. The van der Waals surface area contributed by atoms with E-state index in [0.717, 1.165) is 31.5 Å². The van der Waals surface area contributed by atoms with Crippen LogP contribution in [0.4, 0.5) is 4.39 Å². The summed E-state index contributed by atoms with van der Waals surface area (Å²) in [5.41, 5.74) is 1.14. The van der Waals surface area contributed by atoms with E-state index in [1.165, 1.54) is 31.9 Å². The molecule has 0 saturated carbocycles. The minimum Gasteiger partial charge on any atom is -0.352 e. The van der Waals surface area contributed by atoms with Gasteiger partial charge in [-0.15, -0.1) is 0 Å². The van der Waals surface area contributed by atoms with Gasteiger partial charge in [-0.3, -0.25) is 9.69 Å². The summed E-state index contributed by atoms with van der Waals surface area (Å²) in [4.78, 5) is 13.6. The lowest BCUT2D eigenvalue weighted by atomic mass is 9.95. The number of halogens is 1. The maximum absolute atomic E-state index is 12.9. The molecule has 1 aliphatic heterocycles. The van der Waals surface area contributed by atoms with Gasteiger partial charge in [-0.2, -0.15) is 0 Å². The Hall–Kier alpha value is -1.42. The fourth-order valence-electron chi connectivity index (χ4n) is 3.03. The van der Waals surface area contributed by atoms with E-state index in [-0.39, 0.29) is 17.8 Å². The average molecular weight is 291 g/mol. The number of amides is 1. The van der Waals surface area contributed by atoms with Gasteiger partial charge in [0.1, 0.15) is 5.82 Å². The van der Waals surface area contributed by atoms with Gasteiger partial charge in [0.05, 0.1) is 0 Å². The maximum Gasteiger partial charge on any atom is 0.217 e. The van der Waals surface area contributed by atoms with Crippen molar-refractivity contribution in [3.05, 3.63) is 42.6 Å². The lowest BCUT2D eigenvalue weighted by Gasteiger charge is -2.39. The van der Waals surface area contributed by atoms with Gasteiger partial charge in [0.2, 0.25) is 5.91 Å². The predicted octanol–water partition coefficient (Wildman–Crippen LogP) is 2.56.